The molecule has 2 aromatic rings. The number of anilines is 2. The molecule has 0 unspecified atom stereocenters. The summed E-state index contributed by atoms with van der Waals surface area (Å²) in [7, 11) is 1.31. The molecule has 1 fully saturated rings. The molecule has 1 amide bonds. The number of carbonyl (C=O) groups is 2. The van der Waals surface area contributed by atoms with Gasteiger partial charge in [0.2, 0.25) is 0 Å². The molecule has 0 saturated carbocycles. The van der Waals surface area contributed by atoms with Crippen LogP contribution < -0.4 is 10.2 Å². The number of esters is 1. The normalized spacial score (nSPS) is 14.8. The molecule has 1 aliphatic heterocycles. The number of nitrogens with zero attached hydrogens (tertiary/aromatic N) is 2. The number of methoxy groups -OCH3 is 1. The Labute approximate surface area is 153 Å². The Morgan fingerprint density at radius 1 is 1.19 bits per heavy atom. The molecule has 0 atom stereocenters. The van der Waals surface area contributed by atoms with Gasteiger partial charge in [0.15, 0.2) is 0 Å². The standard InChI is InChI=1S/C20H23N3O3/c1-14-7-9-23(10-8-14)16-11-15(12-21-13-16)19(24)22-18-6-4-3-5-17(18)20(25)26-2/h3-6,11-14H,7-10H2,1-2H3,(H,22,24). The van der Waals surface area contributed by atoms with Gasteiger partial charge < -0.3 is 15.0 Å². The summed E-state index contributed by atoms with van der Waals surface area (Å²) < 4.78 is 4.76. The second kappa shape index (κ2) is 7.99. The van der Waals surface area contributed by atoms with Crippen LogP contribution in [0.2, 0.25) is 0 Å². The highest BCUT2D eigenvalue weighted by Gasteiger charge is 2.18. The molecular formula is C20H23N3O3. The number of hydrogen-bond donors (Lipinski definition) is 1. The van der Waals surface area contributed by atoms with Gasteiger partial charge >= 0.3 is 5.97 Å². The molecule has 0 spiro atoms. The van der Waals surface area contributed by atoms with Crippen LogP contribution in [0.15, 0.2) is 42.7 Å². The van der Waals surface area contributed by atoms with E-state index in [4.69, 9.17) is 4.74 Å². The lowest BCUT2D eigenvalue weighted by molar-refractivity contribution is 0.0602. The zero-order chi connectivity index (χ0) is 18.5. The molecule has 1 aliphatic rings. The molecule has 6 nitrogen and oxygen atoms in total. The number of rotatable bonds is 4. The summed E-state index contributed by atoms with van der Waals surface area (Å²) in [5.41, 5.74) is 2.14. The van der Waals surface area contributed by atoms with Gasteiger partial charge in [0.25, 0.3) is 5.91 Å². The fourth-order valence-corrected chi connectivity index (χ4v) is 3.07. The second-order valence-corrected chi connectivity index (χ2v) is 6.59. The summed E-state index contributed by atoms with van der Waals surface area (Å²) in [6.45, 7) is 4.20. The van der Waals surface area contributed by atoms with Crippen LogP contribution in [0.4, 0.5) is 11.4 Å². The number of hydrogen-bond acceptors (Lipinski definition) is 5. The lowest BCUT2D eigenvalue weighted by Gasteiger charge is -2.32. The van der Waals surface area contributed by atoms with Gasteiger partial charge in [-0.1, -0.05) is 19.1 Å². The first kappa shape index (κ1) is 17.9. The van der Waals surface area contributed by atoms with Gasteiger partial charge in [-0.2, -0.15) is 0 Å². The molecule has 0 bridgehead atoms. The number of para-hydroxylation sites is 1. The molecule has 1 aromatic carbocycles. The highest BCUT2D eigenvalue weighted by Crippen LogP contribution is 2.23. The van der Waals surface area contributed by atoms with Crippen LogP contribution in [-0.2, 0) is 4.74 Å². The third-order valence-electron chi connectivity index (χ3n) is 4.72. The van der Waals surface area contributed by atoms with Crippen molar-refractivity contribution in [3.05, 3.63) is 53.9 Å². The highest BCUT2D eigenvalue weighted by atomic mass is 16.5. The van der Waals surface area contributed by atoms with Gasteiger partial charge in [-0.25, -0.2) is 4.79 Å². The summed E-state index contributed by atoms with van der Waals surface area (Å²) in [4.78, 5) is 31.0. The molecule has 1 N–H and O–H groups in total. The summed E-state index contributed by atoms with van der Waals surface area (Å²) in [5.74, 6) is -0.0585. The zero-order valence-electron chi connectivity index (χ0n) is 15.1. The Morgan fingerprint density at radius 2 is 1.92 bits per heavy atom. The first-order valence-electron chi connectivity index (χ1n) is 8.77. The van der Waals surface area contributed by atoms with Crippen molar-refractivity contribution < 1.29 is 14.3 Å². The number of nitrogens with one attached hydrogen (secondary N) is 1. The molecule has 1 saturated heterocycles. The molecule has 2 heterocycles. The lowest BCUT2D eigenvalue weighted by atomic mass is 9.99. The highest BCUT2D eigenvalue weighted by molar-refractivity contribution is 6.08. The maximum Gasteiger partial charge on any atom is 0.339 e. The molecule has 26 heavy (non-hydrogen) atoms. The first-order chi connectivity index (χ1) is 12.6. The largest absolute Gasteiger partial charge is 0.465 e. The van der Waals surface area contributed by atoms with Crippen molar-refractivity contribution in [2.45, 2.75) is 19.8 Å². The van der Waals surface area contributed by atoms with Crippen molar-refractivity contribution in [1.82, 2.24) is 4.98 Å². The van der Waals surface area contributed by atoms with E-state index in [0.29, 0.717) is 16.8 Å². The maximum atomic E-state index is 12.6. The van der Waals surface area contributed by atoms with Crippen LogP contribution in [-0.4, -0.2) is 37.1 Å². The van der Waals surface area contributed by atoms with E-state index < -0.39 is 5.97 Å². The van der Waals surface area contributed by atoms with Crippen LogP contribution in [0, 0.1) is 5.92 Å². The minimum Gasteiger partial charge on any atom is -0.465 e. The van der Waals surface area contributed by atoms with Crippen LogP contribution in [0.3, 0.4) is 0 Å². The van der Waals surface area contributed by atoms with E-state index in [9.17, 15) is 9.59 Å². The lowest BCUT2D eigenvalue weighted by Crippen LogP contribution is -2.33. The van der Waals surface area contributed by atoms with Crippen molar-refractivity contribution >= 4 is 23.3 Å². The second-order valence-electron chi connectivity index (χ2n) is 6.59. The Kier molecular flexibility index (Phi) is 5.51. The molecule has 0 radical (unpaired) electrons. The molecule has 1 aromatic heterocycles. The van der Waals surface area contributed by atoms with Gasteiger partial charge in [0, 0.05) is 19.3 Å². The summed E-state index contributed by atoms with van der Waals surface area (Å²) in [6, 6.07) is 8.62. The Bertz CT molecular complexity index is 798. The van der Waals surface area contributed by atoms with Crippen molar-refractivity contribution in [3.8, 4) is 0 Å². The average molecular weight is 353 g/mol. The number of aromatic nitrogens is 1. The van der Waals surface area contributed by atoms with Crippen LogP contribution in [0.5, 0.6) is 0 Å². The third-order valence-corrected chi connectivity index (χ3v) is 4.72. The molecule has 3 rings (SSSR count). The van der Waals surface area contributed by atoms with Crippen molar-refractivity contribution in [3.63, 3.8) is 0 Å². The van der Waals surface area contributed by atoms with Gasteiger partial charge in [-0.3, -0.25) is 9.78 Å². The number of pyridine rings is 1. The monoisotopic (exact) mass is 353 g/mol. The maximum absolute atomic E-state index is 12.6. The summed E-state index contributed by atoms with van der Waals surface area (Å²) in [5, 5.41) is 2.78. The Morgan fingerprint density at radius 3 is 2.65 bits per heavy atom. The van der Waals surface area contributed by atoms with Gasteiger partial charge in [0.1, 0.15) is 0 Å². The van der Waals surface area contributed by atoms with E-state index in [-0.39, 0.29) is 5.91 Å². The number of amides is 1. The topological polar surface area (TPSA) is 71.5 Å². The zero-order valence-corrected chi connectivity index (χ0v) is 15.1. The van der Waals surface area contributed by atoms with E-state index in [1.54, 1.807) is 30.5 Å². The molecule has 6 heteroatoms. The van der Waals surface area contributed by atoms with Crippen molar-refractivity contribution in [2.24, 2.45) is 5.92 Å². The number of benzene rings is 1. The van der Waals surface area contributed by atoms with Crippen LogP contribution in [0.25, 0.3) is 0 Å². The van der Waals surface area contributed by atoms with E-state index in [0.717, 1.165) is 37.5 Å². The predicted octanol–water partition coefficient (Wildman–Crippen LogP) is 3.36. The van der Waals surface area contributed by atoms with Gasteiger partial charge in [-0.05, 0) is 37.0 Å². The van der Waals surface area contributed by atoms with Crippen molar-refractivity contribution in [1.29, 1.82) is 0 Å². The fraction of sp³-hybridized carbons (Fsp3) is 0.350. The number of carbonyl (C=O) groups excluding carboxylic acids is 2. The minimum atomic E-state index is -0.491. The number of ether oxygens (including phenoxy) is 1. The Balaban J connectivity index is 1.77. The number of piperidine rings is 1. The average Bonchev–Trinajstić information content (AvgIpc) is 2.68. The Hall–Kier alpha value is -2.89. The van der Waals surface area contributed by atoms with Crippen LogP contribution >= 0.6 is 0 Å². The smallest absolute Gasteiger partial charge is 0.339 e. The van der Waals surface area contributed by atoms with Crippen molar-refractivity contribution in [2.75, 3.05) is 30.4 Å². The molecule has 0 aliphatic carbocycles. The quantitative estimate of drug-likeness (QED) is 0.854. The van der Waals surface area contributed by atoms with E-state index in [1.165, 1.54) is 13.3 Å². The summed E-state index contributed by atoms with van der Waals surface area (Å²) >= 11 is 0. The van der Waals surface area contributed by atoms with E-state index >= 15 is 0 Å². The summed E-state index contributed by atoms with van der Waals surface area (Å²) in [6.07, 6.45) is 5.60. The van der Waals surface area contributed by atoms with Gasteiger partial charge in [-0.15, -0.1) is 0 Å². The first-order valence-corrected chi connectivity index (χ1v) is 8.77. The fourth-order valence-electron chi connectivity index (χ4n) is 3.07. The third kappa shape index (κ3) is 4.02. The predicted molar refractivity (Wildman–Crippen MR) is 101 cm³/mol. The minimum absolute atomic E-state index is 0.305. The molecular weight excluding hydrogens is 330 g/mol. The van der Waals surface area contributed by atoms with E-state index in [2.05, 4.69) is 22.1 Å². The van der Waals surface area contributed by atoms with E-state index in [1.807, 2.05) is 6.07 Å². The molecule has 136 valence electrons. The van der Waals surface area contributed by atoms with Gasteiger partial charge in [0.05, 0.1) is 35.8 Å². The van der Waals surface area contributed by atoms with Crippen LogP contribution in [0.1, 0.15) is 40.5 Å². The SMILES string of the molecule is COC(=O)c1ccccc1NC(=O)c1cncc(N2CCC(C)CC2)c1.